The summed E-state index contributed by atoms with van der Waals surface area (Å²) in [6, 6.07) is 7.20. The molecule has 1 aromatic heterocycles. The minimum atomic E-state index is -0.0479. The summed E-state index contributed by atoms with van der Waals surface area (Å²) in [5.41, 5.74) is 7.26. The SMILES string of the molecule is Nc1c(C(=O)N2CCCC2)cnn1-c1cccc(Cl)c1. The van der Waals surface area contributed by atoms with Gasteiger partial charge in [0.25, 0.3) is 5.91 Å². The Morgan fingerprint density at radius 3 is 2.75 bits per heavy atom. The number of nitrogens with zero attached hydrogens (tertiary/aromatic N) is 3. The zero-order chi connectivity index (χ0) is 14.1. The fourth-order valence-electron chi connectivity index (χ4n) is 2.43. The van der Waals surface area contributed by atoms with Gasteiger partial charge in [-0.05, 0) is 31.0 Å². The molecule has 0 atom stereocenters. The standard InChI is InChI=1S/C14H15ClN4O/c15-10-4-3-5-11(8-10)19-13(16)12(9-17-19)14(20)18-6-1-2-7-18/h3-5,8-9H,1-2,6-7,16H2. The van der Waals surface area contributed by atoms with Gasteiger partial charge in [0.2, 0.25) is 0 Å². The fourth-order valence-corrected chi connectivity index (χ4v) is 2.61. The zero-order valence-corrected chi connectivity index (χ0v) is 11.7. The van der Waals surface area contributed by atoms with E-state index in [-0.39, 0.29) is 5.91 Å². The molecule has 2 heterocycles. The van der Waals surface area contributed by atoms with Gasteiger partial charge in [0, 0.05) is 18.1 Å². The normalized spacial score (nSPS) is 14.8. The van der Waals surface area contributed by atoms with E-state index in [1.54, 1.807) is 12.1 Å². The summed E-state index contributed by atoms with van der Waals surface area (Å²) in [6.45, 7) is 1.58. The Morgan fingerprint density at radius 2 is 2.05 bits per heavy atom. The Hall–Kier alpha value is -2.01. The summed E-state index contributed by atoms with van der Waals surface area (Å²) in [5.74, 6) is 0.303. The second kappa shape index (κ2) is 5.17. The molecule has 0 spiro atoms. The second-order valence-electron chi connectivity index (χ2n) is 4.83. The maximum Gasteiger partial charge on any atom is 0.259 e. The molecule has 104 valence electrons. The number of aromatic nitrogens is 2. The topological polar surface area (TPSA) is 64.2 Å². The van der Waals surface area contributed by atoms with E-state index in [0.29, 0.717) is 16.4 Å². The molecular formula is C14H15ClN4O. The van der Waals surface area contributed by atoms with E-state index in [9.17, 15) is 4.79 Å². The first-order chi connectivity index (χ1) is 9.66. The summed E-state index contributed by atoms with van der Waals surface area (Å²) in [7, 11) is 0. The number of hydrogen-bond donors (Lipinski definition) is 1. The van der Waals surface area contributed by atoms with Crippen LogP contribution in [-0.4, -0.2) is 33.7 Å². The van der Waals surface area contributed by atoms with Crippen LogP contribution in [0.2, 0.25) is 5.02 Å². The molecule has 0 saturated carbocycles. The van der Waals surface area contributed by atoms with Gasteiger partial charge >= 0.3 is 0 Å². The van der Waals surface area contributed by atoms with Crippen LogP contribution in [0.5, 0.6) is 0 Å². The summed E-state index contributed by atoms with van der Waals surface area (Å²) in [4.78, 5) is 14.2. The van der Waals surface area contributed by atoms with Gasteiger partial charge in [-0.25, -0.2) is 4.68 Å². The van der Waals surface area contributed by atoms with Crippen molar-refractivity contribution in [3.8, 4) is 5.69 Å². The van der Waals surface area contributed by atoms with Gasteiger partial charge in [-0.15, -0.1) is 0 Å². The van der Waals surface area contributed by atoms with Crippen LogP contribution in [0.25, 0.3) is 5.69 Å². The molecule has 2 N–H and O–H groups in total. The van der Waals surface area contributed by atoms with Crippen LogP contribution >= 0.6 is 11.6 Å². The Labute approximate surface area is 121 Å². The van der Waals surface area contributed by atoms with Crippen molar-refractivity contribution in [3.63, 3.8) is 0 Å². The van der Waals surface area contributed by atoms with E-state index in [1.807, 2.05) is 17.0 Å². The number of likely N-dealkylation sites (tertiary alicyclic amines) is 1. The third kappa shape index (κ3) is 2.25. The molecule has 1 fully saturated rings. The Bertz CT molecular complexity index is 646. The van der Waals surface area contributed by atoms with Crippen molar-refractivity contribution in [1.82, 2.24) is 14.7 Å². The highest BCUT2D eigenvalue weighted by atomic mass is 35.5. The van der Waals surface area contributed by atoms with E-state index in [0.717, 1.165) is 31.6 Å². The minimum Gasteiger partial charge on any atom is -0.383 e. The average Bonchev–Trinajstić information content (AvgIpc) is 3.07. The molecule has 1 aliphatic rings. The van der Waals surface area contributed by atoms with Gasteiger partial charge in [-0.3, -0.25) is 4.79 Å². The minimum absolute atomic E-state index is 0.0479. The molecule has 0 radical (unpaired) electrons. The smallest absolute Gasteiger partial charge is 0.259 e. The van der Waals surface area contributed by atoms with Crippen molar-refractivity contribution in [3.05, 3.63) is 41.0 Å². The first-order valence-electron chi connectivity index (χ1n) is 6.55. The van der Waals surface area contributed by atoms with Gasteiger partial charge in [-0.1, -0.05) is 17.7 Å². The summed E-state index contributed by atoms with van der Waals surface area (Å²) >= 11 is 5.96. The Morgan fingerprint density at radius 1 is 1.30 bits per heavy atom. The van der Waals surface area contributed by atoms with E-state index in [2.05, 4.69) is 5.10 Å². The predicted molar refractivity (Wildman–Crippen MR) is 78.1 cm³/mol. The molecule has 0 aliphatic carbocycles. The molecule has 1 aliphatic heterocycles. The van der Waals surface area contributed by atoms with Crippen LogP contribution in [0.4, 0.5) is 5.82 Å². The molecule has 1 aromatic carbocycles. The first-order valence-corrected chi connectivity index (χ1v) is 6.93. The third-order valence-electron chi connectivity index (χ3n) is 3.48. The molecule has 1 amide bonds. The number of carbonyl (C=O) groups is 1. The van der Waals surface area contributed by atoms with Gasteiger partial charge in [0.15, 0.2) is 0 Å². The lowest BCUT2D eigenvalue weighted by molar-refractivity contribution is 0.0794. The number of nitrogen functional groups attached to an aromatic ring is 1. The number of amides is 1. The maximum atomic E-state index is 12.3. The monoisotopic (exact) mass is 290 g/mol. The quantitative estimate of drug-likeness (QED) is 0.923. The predicted octanol–water partition coefficient (Wildman–Crippen LogP) is 2.34. The fraction of sp³-hybridized carbons (Fsp3) is 0.286. The van der Waals surface area contributed by atoms with Crippen LogP contribution in [0.3, 0.4) is 0 Å². The van der Waals surface area contributed by atoms with Crippen molar-refractivity contribution >= 4 is 23.3 Å². The molecule has 3 rings (SSSR count). The second-order valence-corrected chi connectivity index (χ2v) is 5.27. The highest BCUT2D eigenvalue weighted by Crippen LogP contribution is 2.22. The van der Waals surface area contributed by atoms with Crippen molar-refractivity contribution in [2.24, 2.45) is 0 Å². The number of rotatable bonds is 2. The zero-order valence-electron chi connectivity index (χ0n) is 10.9. The summed E-state index contributed by atoms with van der Waals surface area (Å²) < 4.78 is 1.54. The highest BCUT2D eigenvalue weighted by molar-refractivity contribution is 6.30. The maximum absolute atomic E-state index is 12.3. The van der Waals surface area contributed by atoms with Crippen LogP contribution in [-0.2, 0) is 0 Å². The van der Waals surface area contributed by atoms with Gasteiger partial charge in [-0.2, -0.15) is 5.10 Å². The molecule has 5 nitrogen and oxygen atoms in total. The highest BCUT2D eigenvalue weighted by Gasteiger charge is 2.24. The lowest BCUT2D eigenvalue weighted by Crippen LogP contribution is -2.28. The molecule has 0 unspecified atom stereocenters. The molecular weight excluding hydrogens is 276 g/mol. The third-order valence-corrected chi connectivity index (χ3v) is 3.72. The number of hydrogen-bond acceptors (Lipinski definition) is 3. The molecule has 2 aromatic rings. The first kappa shape index (κ1) is 13.0. The van der Waals surface area contributed by atoms with Crippen molar-refractivity contribution in [2.75, 3.05) is 18.8 Å². The summed E-state index contributed by atoms with van der Waals surface area (Å²) in [6.07, 6.45) is 3.62. The average molecular weight is 291 g/mol. The van der Waals surface area contributed by atoms with Gasteiger partial charge in [0.1, 0.15) is 11.4 Å². The lowest BCUT2D eigenvalue weighted by Gasteiger charge is -2.14. The Kier molecular flexibility index (Phi) is 3.36. The largest absolute Gasteiger partial charge is 0.383 e. The van der Waals surface area contributed by atoms with Crippen LogP contribution in [0, 0.1) is 0 Å². The van der Waals surface area contributed by atoms with Crippen molar-refractivity contribution in [2.45, 2.75) is 12.8 Å². The Balaban J connectivity index is 1.94. The van der Waals surface area contributed by atoms with E-state index < -0.39 is 0 Å². The van der Waals surface area contributed by atoms with E-state index >= 15 is 0 Å². The van der Waals surface area contributed by atoms with Crippen molar-refractivity contribution in [1.29, 1.82) is 0 Å². The van der Waals surface area contributed by atoms with Gasteiger partial charge < -0.3 is 10.6 Å². The number of anilines is 1. The number of nitrogens with two attached hydrogens (primary N) is 1. The molecule has 6 heteroatoms. The van der Waals surface area contributed by atoms with Crippen LogP contribution < -0.4 is 5.73 Å². The lowest BCUT2D eigenvalue weighted by atomic mass is 10.2. The van der Waals surface area contributed by atoms with Crippen LogP contribution in [0.15, 0.2) is 30.5 Å². The van der Waals surface area contributed by atoms with Gasteiger partial charge in [0.05, 0.1) is 11.9 Å². The number of carbonyl (C=O) groups excluding carboxylic acids is 1. The number of halogens is 1. The molecule has 20 heavy (non-hydrogen) atoms. The summed E-state index contributed by atoms with van der Waals surface area (Å²) in [5, 5.41) is 4.81. The van der Waals surface area contributed by atoms with E-state index in [4.69, 9.17) is 17.3 Å². The van der Waals surface area contributed by atoms with Crippen molar-refractivity contribution < 1.29 is 4.79 Å². The molecule has 0 bridgehead atoms. The number of benzene rings is 1. The van der Waals surface area contributed by atoms with Crippen LogP contribution in [0.1, 0.15) is 23.2 Å². The van der Waals surface area contributed by atoms with E-state index in [1.165, 1.54) is 10.9 Å². The molecule has 1 saturated heterocycles.